The van der Waals surface area contributed by atoms with Crippen LogP contribution in [0.25, 0.3) is 22.2 Å². The van der Waals surface area contributed by atoms with Gasteiger partial charge in [-0.3, -0.25) is 19.0 Å². The molecular formula is C31H27N7O3. The van der Waals surface area contributed by atoms with Crippen LogP contribution in [0, 0.1) is 18.8 Å². The minimum absolute atomic E-state index is 0.0982. The van der Waals surface area contributed by atoms with Crippen LogP contribution in [0.1, 0.15) is 53.2 Å². The highest BCUT2D eigenvalue weighted by Crippen LogP contribution is 2.21. The van der Waals surface area contributed by atoms with Crippen LogP contribution in [0.2, 0.25) is 0 Å². The monoisotopic (exact) mass is 545 g/mol. The van der Waals surface area contributed by atoms with Crippen molar-refractivity contribution >= 4 is 28.4 Å². The fraction of sp³-hybridized carbons (Fsp3) is 0.226. The van der Waals surface area contributed by atoms with E-state index in [1.807, 2.05) is 30.3 Å². The van der Waals surface area contributed by atoms with Crippen LogP contribution >= 0.6 is 0 Å². The molecule has 10 heteroatoms. The number of benzene rings is 2. The van der Waals surface area contributed by atoms with Gasteiger partial charge in [-0.2, -0.15) is 5.10 Å². The molecule has 41 heavy (non-hydrogen) atoms. The van der Waals surface area contributed by atoms with Gasteiger partial charge < -0.3 is 10.2 Å². The van der Waals surface area contributed by atoms with E-state index in [1.54, 1.807) is 59.9 Å². The summed E-state index contributed by atoms with van der Waals surface area (Å²) < 4.78 is 3.08. The predicted molar refractivity (Wildman–Crippen MR) is 154 cm³/mol. The maximum atomic E-state index is 14.1. The molecule has 0 saturated carbocycles. The number of aromatic nitrogens is 5. The summed E-state index contributed by atoms with van der Waals surface area (Å²) in [4.78, 5) is 50.5. The third-order valence-electron chi connectivity index (χ3n) is 7.13. The van der Waals surface area contributed by atoms with Crippen molar-refractivity contribution in [1.82, 2.24) is 34.4 Å². The molecule has 2 amide bonds. The molecule has 4 heterocycles. The minimum Gasteiger partial charge on any atom is -0.342 e. The number of nitrogens with zero attached hydrogens (tertiary/aromatic N) is 6. The maximum absolute atomic E-state index is 14.1. The normalized spacial score (nSPS) is 13.8. The molecule has 0 bridgehead atoms. The quantitative estimate of drug-likeness (QED) is 0.339. The highest BCUT2D eigenvalue weighted by Gasteiger charge is 2.24. The number of amides is 2. The van der Waals surface area contributed by atoms with E-state index < -0.39 is 6.04 Å². The van der Waals surface area contributed by atoms with Crippen molar-refractivity contribution in [2.24, 2.45) is 0 Å². The zero-order valence-electron chi connectivity index (χ0n) is 22.7. The third-order valence-corrected chi connectivity index (χ3v) is 7.13. The molecule has 1 aliphatic heterocycles. The summed E-state index contributed by atoms with van der Waals surface area (Å²) in [5.41, 5.74) is 2.67. The van der Waals surface area contributed by atoms with Crippen LogP contribution in [0.3, 0.4) is 0 Å². The molecule has 3 aromatic heterocycles. The number of carbonyl (C=O) groups is 2. The van der Waals surface area contributed by atoms with E-state index in [2.05, 4.69) is 27.2 Å². The Labute approximate surface area is 235 Å². The molecule has 5 aromatic rings. The Bertz CT molecular complexity index is 1930. The molecule has 1 fully saturated rings. The molecule has 1 aliphatic rings. The summed E-state index contributed by atoms with van der Waals surface area (Å²) in [6, 6.07) is 15.6. The Morgan fingerprint density at radius 3 is 2.71 bits per heavy atom. The zero-order chi connectivity index (χ0) is 28.5. The SMILES string of the molecule is Cc1nn2cccnc2c1C(=O)N[C@H](C)c1nc2cccc(C#CCN3CCCC3=O)c2c(=O)n1-c1ccccc1. The van der Waals surface area contributed by atoms with Gasteiger partial charge in [-0.05, 0) is 50.6 Å². The first-order chi connectivity index (χ1) is 19.9. The Balaban J connectivity index is 1.42. The number of hydrogen-bond donors (Lipinski definition) is 1. The second-order valence-electron chi connectivity index (χ2n) is 9.91. The first-order valence-corrected chi connectivity index (χ1v) is 13.4. The van der Waals surface area contributed by atoms with Crippen molar-refractivity contribution in [3.63, 3.8) is 0 Å². The van der Waals surface area contributed by atoms with Gasteiger partial charge in [0.15, 0.2) is 5.65 Å². The molecule has 0 unspecified atom stereocenters. The van der Waals surface area contributed by atoms with Gasteiger partial charge in [-0.1, -0.05) is 36.1 Å². The van der Waals surface area contributed by atoms with Crippen LogP contribution in [0.15, 0.2) is 71.8 Å². The lowest BCUT2D eigenvalue weighted by Crippen LogP contribution is -2.33. The lowest BCUT2D eigenvalue weighted by Gasteiger charge is -2.20. The van der Waals surface area contributed by atoms with E-state index in [0.717, 1.165) is 6.42 Å². The minimum atomic E-state index is -0.645. The number of hydrogen-bond acceptors (Lipinski definition) is 6. The predicted octanol–water partition coefficient (Wildman–Crippen LogP) is 3.20. The Morgan fingerprint density at radius 1 is 1.10 bits per heavy atom. The molecule has 2 aromatic carbocycles. The van der Waals surface area contributed by atoms with Gasteiger partial charge in [0.25, 0.3) is 11.5 Å². The van der Waals surface area contributed by atoms with Crippen LogP contribution in [-0.2, 0) is 4.79 Å². The second kappa shape index (κ2) is 10.7. The van der Waals surface area contributed by atoms with E-state index in [-0.39, 0.29) is 17.4 Å². The Kier molecular flexibility index (Phi) is 6.77. The van der Waals surface area contributed by atoms with Crippen molar-refractivity contribution in [2.75, 3.05) is 13.1 Å². The molecule has 10 nitrogen and oxygen atoms in total. The fourth-order valence-electron chi connectivity index (χ4n) is 5.17. The van der Waals surface area contributed by atoms with E-state index in [1.165, 1.54) is 4.57 Å². The smallest absolute Gasteiger partial charge is 0.267 e. The highest BCUT2D eigenvalue weighted by molar-refractivity contribution is 6.01. The summed E-state index contributed by atoms with van der Waals surface area (Å²) >= 11 is 0. The van der Waals surface area contributed by atoms with Crippen LogP contribution < -0.4 is 10.9 Å². The number of nitrogens with one attached hydrogen (secondary N) is 1. The van der Waals surface area contributed by atoms with Crippen molar-refractivity contribution in [1.29, 1.82) is 0 Å². The van der Waals surface area contributed by atoms with Gasteiger partial charge in [0.1, 0.15) is 11.4 Å². The van der Waals surface area contributed by atoms with Gasteiger partial charge in [-0.15, -0.1) is 0 Å². The van der Waals surface area contributed by atoms with E-state index in [0.29, 0.717) is 64.4 Å². The average Bonchev–Trinajstić information content (AvgIpc) is 3.54. The van der Waals surface area contributed by atoms with Crippen molar-refractivity contribution in [3.05, 3.63) is 100.0 Å². The van der Waals surface area contributed by atoms with Crippen molar-refractivity contribution < 1.29 is 9.59 Å². The van der Waals surface area contributed by atoms with E-state index in [4.69, 9.17) is 4.98 Å². The van der Waals surface area contributed by atoms with E-state index in [9.17, 15) is 14.4 Å². The average molecular weight is 546 g/mol. The number of carbonyl (C=O) groups excluding carboxylic acids is 2. The zero-order valence-corrected chi connectivity index (χ0v) is 22.7. The van der Waals surface area contributed by atoms with Gasteiger partial charge in [-0.25, -0.2) is 14.5 Å². The van der Waals surface area contributed by atoms with Crippen LogP contribution in [-0.4, -0.2) is 54.0 Å². The van der Waals surface area contributed by atoms with Crippen LogP contribution in [0.4, 0.5) is 0 Å². The summed E-state index contributed by atoms with van der Waals surface area (Å²) in [5.74, 6) is 6.26. The Morgan fingerprint density at radius 2 is 1.93 bits per heavy atom. The number of fused-ring (bicyclic) bond motifs is 2. The van der Waals surface area contributed by atoms with Crippen LogP contribution in [0.5, 0.6) is 0 Å². The number of likely N-dealkylation sites (tertiary alicyclic amines) is 1. The first-order valence-electron chi connectivity index (χ1n) is 13.4. The molecule has 0 aliphatic carbocycles. The molecule has 0 spiro atoms. The molecule has 1 atom stereocenters. The lowest BCUT2D eigenvalue weighted by atomic mass is 10.1. The maximum Gasteiger partial charge on any atom is 0.267 e. The summed E-state index contributed by atoms with van der Waals surface area (Å²) in [6.45, 7) is 4.55. The third kappa shape index (κ3) is 4.82. The van der Waals surface area contributed by atoms with Gasteiger partial charge in [0, 0.05) is 30.9 Å². The van der Waals surface area contributed by atoms with Crippen molar-refractivity contribution in [3.8, 4) is 17.5 Å². The Hall–Kier alpha value is -5.30. The molecule has 204 valence electrons. The summed E-state index contributed by atoms with van der Waals surface area (Å²) in [6.07, 6.45) is 4.73. The largest absolute Gasteiger partial charge is 0.342 e. The highest BCUT2D eigenvalue weighted by atomic mass is 16.2. The second-order valence-corrected chi connectivity index (χ2v) is 9.91. The van der Waals surface area contributed by atoms with E-state index >= 15 is 0 Å². The summed E-state index contributed by atoms with van der Waals surface area (Å²) in [5, 5.41) is 7.76. The topological polar surface area (TPSA) is 114 Å². The number of para-hydroxylation sites is 1. The standard InChI is InChI=1S/C31H27N7O3/c1-20-26(29-32-16-9-19-37(29)35-20)30(40)33-21(2)28-34-24-14-6-10-22(11-7-17-36-18-8-15-25(36)39)27(24)31(41)38(28)23-12-4-3-5-13-23/h3-6,9-10,12-14,16,19,21H,8,15,17-18H2,1-2H3,(H,33,40)/t21-/m1/s1. The molecule has 6 rings (SSSR count). The molecule has 0 radical (unpaired) electrons. The molecule has 1 saturated heterocycles. The molecule has 1 N–H and O–H groups in total. The lowest BCUT2D eigenvalue weighted by molar-refractivity contribution is -0.127. The van der Waals surface area contributed by atoms with Crippen molar-refractivity contribution in [2.45, 2.75) is 32.7 Å². The molecular weight excluding hydrogens is 518 g/mol. The fourth-order valence-corrected chi connectivity index (χ4v) is 5.17. The summed E-state index contributed by atoms with van der Waals surface area (Å²) in [7, 11) is 0. The van der Waals surface area contributed by atoms with Gasteiger partial charge in [0.05, 0.1) is 34.9 Å². The number of aryl methyl sites for hydroxylation is 1. The first kappa shape index (κ1) is 26.0. The van der Waals surface area contributed by atoms with Gasteiger partial charge in [0.2, 0.25) is 5.91 Å². The number of rotatable bonds is 5. The van der Waals surface area contributed by atoms with Gasteiger partial charge >= 0.3 is 0 Å².